The fourth-order valence-corrected chi connectivity index (χ4v) is 4.09. The van der Waals surface area contributed by atoms with Gasteiger partial charge in [-0.1, -0.05) is 48.2 Å². The number of nitrogens with zero attached hydrogens (tertiary/aromatic N) is 3. The summed E-state index contributed by atoms with van der Waals surface area (Å²) in [6.07, 6.45) is 0. The van der Waals surface area contributed by atoms with E-state index in [0.29, 0.717) is 22.2 Å². The van der Waals surface area contributed by atoms with Gasteiger partial charge in [0, 0.05) is 0 Å². The van der Waals surface area contributed by atoms with Gasteiger partial charge in [-0.15, -0.1) is 0 Å². The second-order valence-electron chi connectivity index (χ2n) is 6.91. The molecule has 0 aliphatic rings. The van der Waals surface area contributed by atoms with E-state index in [-0.39, 0.29) is 16.8 Å². The lowest BCUT2D eigenvalue weighted by Crippen LogP contribution is -2.27. The lowest BCUT2D eigenvalue weighted by Gasteiger charge is -2.17. The number of hydrogen-bond donors (Lipinski definition) is 1. The molecule has 1 N–H and O–H groups in total. The molecule has 0 aliphatic heterocycles. The molecule has 1 heterocycles. The molecule has 4 rings (SSSR count). The molecule has 0 spiro atoms. The Kier molecular flexibility index (Phi) is 6.01. The van der Waals surface area contributed by atoms with Crippen LogP contribution in [-0.4, -0.2) is 20.7 Å². The Morgan fingerprint density at radius 1 is 1.09 bits per heavy atom. The number of hydrogen-bond acceptors (Lipinski definition) is 5. The van der Waals surface area contributed by atoms with Crippen LogP contribution < -0.4 is 10.9 Å². The molecule has 32 heavy (non-hydrogen) atoms. The summed E-state index contributed by atoms with van der Waals surface area (Å²) in [7, 11) is 0. The van der Waals surface area contributed by atoms with E-state index in [2.05, 4.69) is 10.3 Å². The lowest BCUT2D eigenvalue weighted by molar-refractivity contribution is -0.115. The number of para-hydroxylation sites is 3. The number of thioether (sulfide) groups is 1. The third-order valence-electron chi connectivity index (χ3n) is 4.80. The fourth-order valence-electron chi connectivity index (χ4n) is 3.17. The molecule has 8 heteroatoms. The van der Waals surface area contributed by atoms with Crippen LogP contribution in [0.5, 0.6) is 0 Å². The summed E-state index contributed by atoms with van der Waals surface area (Å²) in [5, 5.41) is 11.8. The van der Waals surface area contributed by atoms with Crippen LogP contribution in [-0.2, 0) is 4.79 Å². The van der Waals surface area contributed by atoms with Gasteiger partial charge in [0.1, 0.15) is 11.9 Å². The molecule has 1 unspecified atom stereocenters. The zero-order valence-electron chi connectivity index (χ0n) is 16.9. The van der Waals surface area contributed by atoms with Crippen LogP contribution in [0.15, 0.2) is 82.7 Å². The predicted octanol–water partition coefficient (Wildman–Crippen LogP) is 4.52. The molecule has 1 aromatic heterocycles. The smallest absolute Gasteiger partial charge is 0.266 e. The number of halogens is 1. The summed E-state index contributed by atoms with van der Waals surface area (Å²) >= 11 is 1.03. The average Bonchev–Trinajstić information content (AvgIpc) is 2.80. The Bertz CT molecular complexity index is 1430. The van der Waals surface area contributed by atoms with Gasteiger partial charge in [0.2, 0.25) is 5.91 Å². The van der Waals surface area contributed by atoms with Gasteiger partial charge in [-0.2, -0.15) is 5.26 Å². The highest BCUT2D eigenvalue weighted by Crippen LogP contribution is 2.27. The van der Waals surface area contributed by atoms with Crippen LogP contribution in [0, 0.1) is 17.1 Å². The first-order chi connectivity index (χ1) is 15.5. The van der Waals surface area contributed by atoms with Crippen molar-refractivity contribution in [3.63, 3.8) is 0 Å². The summed E-state index contributed by atoms with van der Waals surface area (Å²) < 4.78 is 15.8. The van der Waals surface area contributed by atoms with Gasteiger partial charge in [0.25, 0.3) is 5.56 Å². The molecule has 1 atom stereocenters. The Hall–Kier alpha value is -3.96. The maximum atomic E-state index is 14.6. The number of nitrogens with one attached hydrogen (secondary N) is 1. The van der Waals surface area contributed by atoms with Gasteiger partial charge in [0.15, 0.2) is 5.16 Å². The van der Waals surface area contributed by atoms with E-state index in [4.69, 9.17) is 0 Å². The van der Waals surface area contributed by atoms with Crippen LogP contribution in [0.1, 0.15) is 12.5 Å². The first-order valence-electron chi connectivity index (χ1n) is 9.73. The molecule has 0 fully saturated rings. The molecule has 3 aromatic carbocycles. The van der Waals surface area contributed by atoms with E-state index >= 15 is 0 Å². The summed E-state index contributed by atoms with van der Waals surface area (Å²) in [5.74, 6) is -0.950. The number of amides is 1. The van der Waals surface area contributed by atoms with Crippen LogP contribution in [0.2, 0.25) is 0 Å². The molecule has 0 saturated heterocycles. The molecule has 0 aliphatic carbocycles. The van der Waals surface area contributed by atoms with Crippen molar-refractivity contribution in [3.8, 4) is 11.8 Å². The number of carbonyl (C=O) groups is 1. The Balaban J connectivity index is 1.74. The number of aromatic nitrogens is 2. The molecule has 0 bridgehead atoms. The number of rotatable bonds is 5. The van der Waals surface area contributed by atoms with Crippen LogP contribution in [0.3, 0.4) is 0 Å². The van der Waals surface area contributed by atoms with Crippen molar-refractivity contribution in [2.45, 2.75) is 17.3 Å². The van der Waals surface area contributed by atoms with E-state index in [1.165, 1.54) is 22.8 Å². The normalized spacial score (nSPS) is 11.7. The zero-order valence-corrected chi connectivity index (χ0v) is 17.8. The zero-order chi connectivity index (χ0) is 22.7. The standard InChI is InChI=1S/C24H17FN4O2S/c1-15(22(30)27-19-11-5-2-8-16(19)14-26)32-24-28-20-12-6-3-9-17(20)23(31)29(24)21-13-7-4-10-18(21)25/h2-13,15H,1H3,(H,27,30). The van der Waals surface area contributed by atoms with Gasteiger partial charge in [0.05, 0.1) is 33.1 Å². The number of carbonyl (C=O) groups excluding carboxylic acids is 1. The fraction of sp³-hybridized carbons (Fsp3) is 0.0833. The SMILES string of the molecule is CC(Sc1nc2ccccc2c(=O)n1-c1ccccc1F)C(=O)Nc1ccccc1C#N. The predicted molar refractivity (Wildman–Crippen MR) is 122 cm³/mol. The van der Waals surface area contributed by atoms with E-state index in [0.717, 1.165) is 11.8 Å². The van der Waals surface area contributed by atoms with Crippen molar-refractivity contribution in [2.75, 3.05) is 5.32 Å². The summed E-state index contributed by atoms with van der Waals surface area (Å²) in [4.78, 5) is 30.6. The van der Waals surface area contributed by atoms with Gasteiger partial charge in [-0.05, 0) is 43.3 Å². The molecular weight excluding hydrogens is 427 g/mol. The van der Waals surface area contributed by atoms with Crippen LogP contribution in [0.25, 0.3) is 16.6 Å². The van der Waals surface area contributed by atoms with Gasteiger partial charge in [-0.3, -0.25) is 14.2 Å². The largest absolute Gasteiger partial charge is 0.324 e. The van der Waals surface area contributed by atoms with E-state index in [1.54, 1.807) is 61.5 Å². The van der Waals surface area contributed by atoms with E-state index < -0.39 is 16.6 Å². The Morgan fingerprint density at radius 2 is 1.78 bits per heavy atom. The second-order valence-corrected chi connectivity index (χ2v) is 8.22. The minimum Gasteiger partial charge on any atom is -0.324 e. The first-order valence-corrected chi connectivity index (χ1v) is 10.6. The minimum absolute atomic E-state index is 0.0562. The lowest BCUT2D eigenvalue weighted by atomic mass is 10.2. The molecule has 158 valence electrons. The maximum absolute atomic E-state index is 14.6. The third-order valence-corrected chi connectivity index (χ3v) is 5.85. The van der Waals surface area contributed by atoms with Gasteiger partial charge in [-0.25, -0.2) is 9.37 Å². The second kappa shape index (κ2) is 9.04. The average molecular weight is 444 g/mol. The minimum atomic E-state index is -0.687. The van der Waals surface area contributed by atoms with Crippen molar-refractivity contribution in [3.05, 3.63) is 94.5 Å². The highest BCUT2D eigenvalue weighted by Gasteiger charge is 2.22. The summed E-state index contributed by atoms with van der Waals surface area (Å²) in [5.41, 5.74) is 0.817. The molecule has 0 saturated carbocycles. The third kappa shape index (κ3) is 4.11. The highest BCUT2D eigenvalue weighted by molar-refractivity contribution is 8.00. The summed E-state index contributed by atoms with van der Waals surface area (Å²) in [6, 6.07) is 21.4. The molecular formula is C24H17FN4O2S. The topological polar surface area (TPSA) is 87.8 Å². The summed E-state index contributed by atoms with van der Waals surface area (Å²) in [6.45, 7) is 1.65. The maximum Gasteiger partial charge on any atom is 0.266 e. The molecule has 0 radical (unpaired) electrons. The van der Waals surface area contributed by atoms with Gasteiger partial charge < -0.3 is 5.32 Å². The Labute approximate surface area is 187 Å². The first kappa shape index (κ1) is 21.3. The monoisotopic (exact) mass is 444 g/mol. The highest BCUT2D eigenvalue weighted by atomic mass is 32.2. The molecule has 6 nitrogen and oxygen atoms in total. The number of fused-ring (bicyclic) bond motifs is 1. The van der Waals surface area contributed by atoms with Crippen molar-refractivity contribution < 1.29 is 9.18 Å². The quantitative estimate of drug-likeness (QED) is 0.361. The van der Waals surface area contributed by atoms with Crippen LogP contribution in [0.4, 0.5) is 10.1 Å². The van der Waals surface area contributed by atoms with Crippen molar-refractivity contribution in [1.82, 2.24) is 9.55 Å². The van der Waals surface area contributed by atoms with E-state index in [9.17, 15) is 19.2 Å². The number of benzene rings is 3. The molecule has 4 aromatic rings. The molecule has 1 amide bonds. The van der Waals surface area contributed by atoms with Crippen LogP contribution >= 0.6 is 11.8 Å². The van der Waals surface area contributed by atoms with Crippen molar-refractivity contribution in [2.24, 2.45) is 0 Å². The van der Waals surface area contributed by atoms with Crippen molar-refractivity contribution >= 4 is 34.3 Å². The number of nitriles is 1. The Morgan fingerprint density at radius 3 is 2.56 bits per heavy atom. The van der Waals surface area contributed by atoms with E-state index in [1.807, 2.05) is 6.07 Å². The van der Waals surface area contributed by atoms with Gasteiger partial charge >= 0.3 is 0 Å². The van der Waals surface area contributed by atoms with Crippen molar-refractivity contribution in [1.29, 1.82) is 5.26 Å². The number of anilines is 1.